The van der Waals surface area contributed by atoms with E-state index >= 15 is 0 Å². The molecule has 1 N–H and O–H groups in total. The van der Waals surface area contributed by atoms with Crippen molar-refractivity contribution in [3.63, 3.8) is 0 Å². The molecule has 2 aromatic carbocycles. The number of halogens is 1. The average molecular weight is 435 g/mol. The third-order valence-corrected chi connectivity index (χ3v) is 5.10. The van der Waals surface area contributed by atoms with Gasteiger partial charge < -0.3 is 9.88 Å². The summed E-state index contributed by atoms with van der Waals surface area (Å²) in [7, 11) is 0. The Morgan fingerprint density at radius 3 is 2.68 bits per heavy atom. The Morgan fingerprint density at radius 1 is 1.16 bits per heavy atom. The fraction of sp³-hybridized carbons (Fsp3) is 0.217. The van der Waals surface area contributed by atoms with Gasteiger partial charge in [-0.25, -0.2) is 14.6 Å². The molecule has 0 aliphatic carbocycles. The fourth-order valence-corrected chi connectivity index (χ4v) is 3.53. The molecule has 0 atom stereocenters. The number of hydrogen-bond acceptors (Lipinski definition) is 4. The fourth-order valence-electron chi connectivity index (χ4n) is 3.40. The Labute approximate surface area is 185 Å². The van der Waals surface area contributed by atoms with Crippen LogP contribution < -0.4 is 5.32 Å². The second kappa shape index (κ2) is 8.73. The Balaban J connectivity index is 1.50. The SMILES string of the molecule is Cc1nc(C(=O)Nc2cccc(Cn3ccnc3C(C)C)c2)nn1-c1ccc(Cl)cc1. The van der Waals surface area contributed by atoms with Gasteiger partial charge in [-0.05, 0) is 48.9 Å². The molecular formula is C23H23ClN6O. The lowest BCUT2D eigenvalue weighted by Crippen LogP contribution is -2.14. The molecule has 0 fully saturated rings. The van der Waals surface area contributed by atoms with Crippen LogP contribution >= 0.6 is 11.6 Å². The Kier molecular flexibility index (Phi) is 5.86. The first-order valence-electron chi connectivity index (χ1n) is 10.0. The monoisotopic (exact) mass is 434 g/mol. The van der Waals surface area contributed by atoms with E-state index in [9.17, 15) is 4.79 Å². The van der Waals surface area contributed by atoms with Crippen molar-refractivity contribution in [2.75, 3.05) is 5.32 Å². The number of aryl methyl sites for hydroxylation is 1. The van der Waals surface area contributed by atoms with Crippen LogP contribution in [0.25, 0.3) is 5.69 Å². The third-order valence-electron chi connectivity index (χ3n) is 4.85. The highest BCUT2D eigenvalue weighted by Gasteiger charge is 2.16. The van der Waals surface area contributed by atoms with Gasteiger partial charge in [-0.15, -0.1) is 5.10 Å². The van der Waals surface area contributed by atoms with Crippen LogP contribution in [0.4, 0.5) is 5.69 Å². The molecule has 2 heterocycles. The van der Waals surface area contributed by atoms with E-state index in [1.165, 1.54) is 0 Å². The molecule has 7 nitrogen and oxygen atoms in total. The number of aromatic nitrogens is 5. The van der Waals surface area contributed by atoms with Crippen LogP contribution in [0.1, 0.15) is 47.6 Å². The summed E-state index contributed by atoms with van der Waals surface area (Å²) in [4.78, 5) is 21.5. The summed E-state index contributed by atoms with van der Waals surface area (Å²) >= 11 is 5.95. The molecule has 8 heteroatoms. The molecule has 158 valence electrons. The van der Waals surface area contributed by atoms with E-state index in [1.54, 1.807) is 23.7 Å². The van der Waals surface area contributed by atoms with Gasteiger partial charge in [0.1, 0.15) is 11.6 Å². The molecule has 2 aromatic heterocycles. The van der Waals surface area contributed by atoms with Crippen molar-refractivity contribution in [3.05, 3.63) is 89.0 Å². The van der Waals surface area contributed by atoms with E-state index in [2.05, 4.69) is 38.8 Å². The summed E-state index contributed by atoms with van der Waals surface area (Å²) < 4.78 is 3.73. The zero-order chi connectivity index (χ0) is 22.0. The van der Waals surface area contributed by atoms with Crippen LogP contribution in [0.15, 0.2) is 60.9 Å². The first-order chi connectivity index (χ1) is 14.9. The number of nitrogens with zero attached hydrogens (tertiary/aromatic N) is 5. The van der Waals surface area contributed by atoms with Gasteiger partial charge in [0.25, 0.3) is 5.91 Å². The summed E-state index contributed by atoms with van der Waals surface area (Å²) in [6, 6.07) is 14.9. The van der Waals surface area contributed by atoms with Gasteiger partial charge in [0.05, 0.1) is 5.69 Å². The number of carbonyl (C=O) groups is 1. The lowest BCUT2D eigenvalue weighted by molar-refractivity contribution is 0.101. The van der Waals surface area contributed by atoms with E-state index in [4.69, 9.17) is 11.6 Å². The van der Waals surface area contributed by atoms with E-state index in [1.807, 2.05) is 48.8 Å². The molecule has 1 amide bonds. The van der Waals surface area contributed by atoms with Crippen molar-refractivity contribution in [1.82, 2.24) is 24.3 Å². The van der Waals surface area contributed by atoms with Gasteiger partial charge in [-0.3, -0.25) is 4.79 Å². The highest BCUT2D eigenvalue weighted by molar-refractivity contribution is 6.30. The van der Waals surface area contributed by atoms with Crippen LogP contribution in [0, 0.1) is 6.92 Å². The van der Waals surface area contributed by atoms with Gasteiger partial charge in [0.15, 0.2) is 0 Å². The third kappa shape index (κ3) is 4.67. The molecule has 0 saturated carbocycles. The zero-order valence-electron chi connectivity index (χ0n) is 17.6. The quantitative estimate of drug-likeness (QED) is 0.470. The minimum absolute atomic E-state index is 0.106. The standard InChI is InChI=1S/C23H23ClN6O/c1-15(2)22-25-11-12-29(22)14-17-5-4-6-19(13-17)27-23(31)21-26-16(3)30(28-21)20-9-7-18(24)8-10-20/h4-13,15H,14H2,1-3H3,(H,27,31). The summed E-state index contributed by atoms with van der Waals surface area (Å²) in [5.41, 5.74) is 2.54. The molecule has 0 spiro atoms. The van der Waals surface area contributed by atoms with Crippen LogP contribution in [0.3, 0.4) is 0 Å². The van der Waals surface area contributed by atoms with Crippen molar-refractivity contribution in [2.45, 2.75) is 33.2 Å². The normalized spacial score (nSPS) is 11.1. The first-order valence-corrected chi connectivity index (χ1v) is 10.4. The van der Waals surface area contributed by atoms with Crippen LogP contribution in [-0.4, -0.2) is 30.2 Å². The maximum absolute atomic E-state index is 12.8. The van der Waals surface area contributed by atoms with Crippen molar-refractivity contribution < 1.29 is 4.79 Å². The second-order valence-corrected chi connectivity index (χ2v) is 8.03. The highest BCUT2D eigenvalue weighted by Crippen LogP contribution is 2.18. The highest BCUT2D eigenvalue weighted by atomic mass is 35.5. The predicted molar refractivity (Wildman–Crippen MR) is 121 cm³/mol. The van der Waals surface area contributed by atoms with Gasteiger partial charge in [0.2, 0.25) is 5.82 Å². The summed E-state index contributed by atoms with van der Waals surface area (Å²) in [6.45, 7) is 6.72. The topological polar surface area (TPSA) is 77.6 Å². The molecule has 0 aliphatic heterocycles. The number of amides is 1. The molecule has 0 radical (unpaired) electrons. The second-order valence-electron chi connectivity index (χ2n) is 7.59. The summed E-state index contributed by atoms with van der Waals surface area (Å²) in [5.74, 6) is 1.72. The van der Waals surface area contributed by atoms with Gasteiger partial charge >= 0.3 is 0 Å². The lowest BCUT2D eigenvalue weighted by atomic mass is 10.1. The average Bonchev–Trinajstić information content (AvgIpc) is 3.36. The minimum Gasteiger partial charge on any atom is -0.330 e. The Hall–Kier alpha value is -3.45. The maximum Gasteiger partial charge on any atom is 0.295 e. The molecule has 4 aromatic rings. The van der Waals surface area contributed by atoms with Crippen molar-refractivity contribution >= 4 is 23.2 Å². The van der Waals surface area contributed by atoms with E-state index in [0.717, 1.165) is 17.1 Å². The number of hydrogen-bond donors (Lipinski definition) is 1. The smallest absolute Gasteiger partial charge is 0.295 e. The molecule has 0 unspecified atom stereocenters. The van der Waals surface area contributed by atoms with Gasteiger partial charge in [-0.1, -0.05) is 37.6 Å². The maximum atomic E-state index is 12.8. The number of rotatable bonds is 6. The predicted octanol–water partition coefficient (Wildman–Crippen LogP) is 4.85. The number of anilines is 1. The molecular weight excluding hydrogens is 412 g/mol. The number of carbonyl (C=O) groups excluding carboxylic acids is 1. The molecule has 4 rings (SSSR count). The number of nitrogens with one attached hydrogen (secondary N) is 1. The first kappa shape index (κ1) is 20.8. The van der Waals surface area contributed by atoms with Gasteiger partial charge in [0, 0.05) is 35.6 Å². The van der Waals surface area contributed by atoms with Crippen molar-refractivity contribution in [2.24, 2.45) is 0 Å². The van der Waals surface area contributed by atoms with E-state index in [0.29, 0.717) is 29.0 Å². The molecule has 31 heavy (non-hydrogen) atoms. The van der Waals surface area contributed by atoms with Gasteiger partial charge in [-0.2, -0.15) is 0 Å². The zero-order valence-corrected chi connectivity index (χ0v) is 18.3. The van der Waals surface area contributed by atoms with Crippen LogP contribution in [0.2, 0.25) is 5.02 Å². The van der Waals surface area contributed by atoms with Crippen LogP contribution in [-0.2, 0) is 6.54 Å². The summed E-state index contributed by atoms with van der Waals surface area (Å²) in [6.07, 6.45) is 3.78. The minimum atomic E-state index is -0.363. The number of benzene rings is 2. The summed E-state index contributed by atoms with van der Waals surface area (Å²) in [5, 5.41) is 7.89. The Morgan fingerprint density at radius 2 is 1.94 bits per heavy atom. The molecule has 0 bridgehead atoms. The molecule has 0 saturated heterocycles. The van der Waals surface area contributed by atoms with Crippen LogP contribution in [0.5, 0.6) is 0 Å². The van der Waals surface area contributed by atoms with Crippen molar-refractivity contribution in [1.29, 1.82) is 0 Å². The van der Waals surface area contributed by atoms with E-state index in [-0.39, 0.29) is 11.7 Å². The lowest BCUT2D eigenvalue weighted by Gasteiger charge is -2.11. The Bertz CT molecular complexity index is 1210. The number of imidazole rings is 1. The molecule has 0 aliphatic rings. The van der Waals surface area contributed by atoms with Crippen molar-refractivity contribution in [3.8, 4) is 5.69 Å². The largest absolute Gasteiger partial charge is 0.330 e. The van der Waals surface area contributed by atoms with E-state index < -0.39 is 0 Å².